The second-order valence-corrected chi connectivity index (χ2v) is 12.9. The predicted octanol–water partition coefficient (Wildman–Crippen LogP) is 8.00. The van der Waals surface area contributed by atoms with Crippen LogP contribution < -0.4 is 20.3 Å². The molecular weight excluding hydrogens is 794 g/mol. The van der Waals surface area contributed by atoms with Crippen LogP contribution in [0.4, 0.5) is 5.69 Å². The molecule has 5 aromatic rings. The van der Waals surface area contributed by atoms with Gasteiger partial charge in [-0.3, -0.25) is 9.59 Å². The van der Waals surface area contributed by atoms with Crippen molar-refractivity contribution in [2.24, 2.45) is 5.10 Å². The van der Waals surface area contributed by atoms with Crippen molar-refractivity contribution in [2.45, 2.75) is 33.6 Å². The molecule has 1 N–H and O–H groups in total. The number of hydrogen-bond donors (Lipinski definition) is 1. The lowest BCUT2D eigenvalue weighted by atomic mass is 9.96. The number of aryl methyl sites for hydroxylation is 1. The van der Waals surface area contributed by atoms with Gasteiger partial charge in [0, 0.05) is 11.3 Å². The number of carbonyl (C=O) groups excluding carboxylic acids is 1. The molecule has 0 radical (unpaired) electrons. The van der Waals surface area contributed by atoms with Crippen LogP contribution in [0.2, 0.25) is 0 Å². The van der Waals surface area contributed by atoms with Gasteiger partial charge in [-0.2, -0.15) is 9.78 Å². The number of carbonyl (C=O) groups is 1. The summed E-state index contributed by atoms with van der Waals surface area (Å²) in [6.07, 6.45) is 1.64. The maximum atomic E-state index is 13.8. The zero-order valence-electron chi connectivity index (χ0n) is 25.3. The van der Waals surface area contributed by atoms with Gasteiger partial charge in [0.25, 0.3) is 11.5 Å². The van der Waals surface area contributed by atoms with Gasteiger partial charge in [0.1, 0.15) is 11.5 Å². The van der Waals surface area contributed by atoms with Crippen molar-refractivity contribution in [3.05, 3.63) is 113 Å². The van der Waals surface area contributed by atoms with E-state index < -0.39 is 0 Å². The molecule has 230 valence electrons. The number of benzene rings is 4. The third-order valence-electron chi connectivity index (χ3n) is 7.02. The van der Waals surface area contributed by atoms with Crippen LogP contribution in [-0.2, 0) is 4.79 Å². The lowest BCUT2D eigenvalue weighted by Crippen LogP contribution is -2.21. The summed E-state index contributed by atoms with van der Waals surface area (Å²) in [4.78, 5) is 31.2. The minimum Gasteiger partial charge on any atom is -0.494 e. The number of para-hydroxylation sites is 2. The van der Waals surface area contributed by atoms with E-state index in [1.54, 1.807) is 12.3 Å². The van der Waals surface area contributed by atoms with Gasteiger partial charge in [-0.05, 0) is 130 Å². The number of rotatable bonds is 10. The highest BCUT2D eigenvalue weighted by atomic mass is 127. The van der Waals surface area contributed by atoms with Gasteiger partial charge in [0.2, 0.25) is 0 Å². The highest BCUT2D eigenvalue weighted by Gasteiger charge is 2.19. The van der Waals surface area contributed by atoms with Crippen LogP contribution in [0, 0.1) is 14.1 Å². The quantitative estimate of drug-likeness (QED) is 0.114. The standard InChI is InChI=1S/C35H32I2N4O4/c1-5-44-31-15-22(4)27(18-26(31)21(2)3)34-40-30-14-10-9-13-25(30)35(43)41(34)38-19-23-16-28(36)33(29(37)17-23)45-20-32(42)39-24-11-7-6-8-12-24/h6-19,21H,5,20H2,1-4H3,(H,39,42). The van der Waals surface area contributed by atoms with E-state index in [4.69, 9.17) is 14.5 Å². The summed E-state index contributed by atoms with van der Waals surface area (Å²) < 4.78 is 14.8. The molecule has 1 heterocycles. The van der Waals surface area contributed by atoms with Gasteiger partial charge in [-0.1, -0.05) is 44.2 Å². The van der Waals surface area contributed by atoms with Crippen LogP contribution in [0.25, 0.3) is 22.3 Å². The topological polar surface area (TPSA) is 94.8 Å². The fourth-order valence-corrected chi connectivity index (χ4v) is 6.98. The van der Waals surface area contributed by atoms with E-state index in [1.165, 1.54) is 4.68 Å². The zero-order valence-corrected chi connectivity index (χ0v) is 29.6. The molecule has 1 aromatic heterocycles. The summed E-state index contributed by atoms with van der Waals surface area (Å²) in [7, 11) is 0. The number of ether oxygens (including phenoxy) is 2. The average molecular weight is 826 g/mol. The van der Waals surface area contributed by atoms with Crippen molar-refractivity contribution >= 4 is 73.9 Å². The van der Waals surface area contributed by atoms with Crippen molar-refractivity contribution in [1.82, 2.24) is 9.66 Å². The molecule has 0 unspecified atom stereocenters. The Hall–Kier alpha value is -3.78. The van der Waals surface area contributed by atoms with E-state index in [0.717, 1.165) is 35.1 Å². The molecule has 0 fully saturated rings. The summed E-state index contributed by atoms with van der Waals surface area (Å²) in [6, 6.07) is 24.4. The Morgan fingerprint density at radius 1 is 1.00 bits per heavy atom. The Morgan fingerprint density at radius 3 is 2.38 bits per heavy atom. The van der Waals surface area contributed by atoms with Gasteiger partial charge in [-0.15, -0.1) is 0 Å². The van der Waals surface area contributed by atoms with Crippen molar-refractivity contribution in [3.8, 4) is 22.9 Å². The maximum absolute atomic E-state index is 13.8. The molecule has 10 heteroatoms. The molecular formula is C35H32I2N4O4. The molecule has 0 saturated heterocycles. The number of amides is 1. The second kappa shape index (κ2) is 14.5. The number of aromatic nitrogens is 2. The van der Waals surface area contributed by atoms with Crippen molar-refractivity contribution in [3.63, 3.8) is 0 Å². The maximum Gasteiger partial charge on any atom is 0.282 e. The third-order valence-corrected chi connectivity index (χ3v) is 8.62. The molecule has 0 aliphatic heterocycles. The van der Waals surface area contributed by atoms with Crippen molar-refractivity contribution < 1.29 is 14.3 Å². The molecule has 0 aliphatic carbocycles. The van der Waals surface area contributed by atoms with Crippen LogP contribution in [0.1, 0.15) is 43.4 Å². The lowest BCUT2D eigenvalue weighted by Gasteiger charge is -2.18. The Kier molecular flexibility index (Phi) is 10.5. The predicted molar refractivity (Wildman–Crippen MR) is 197 cm³/mol. The van der Waals surface area contributed by atoms with E-state index in [0.29, 0.717) is 34.8 Å². The van der Waals surface area contributed by atoms with Crippen LogP contribution >= 0.6 is 45.2 Å². The largest absolute Gasteiger partial charge is 0.494 e. The van der Waals surface area contributed by atoms with Crippen LogP contribution in [-0.4, -0.2) is 35.0 Å². The first-order chi connectivity index (χ1) is 21.7. The summed E-state index contributed by atoms with van der Waals surface area (Å²) in [5, 5.41) is 7.99. The third kappa shape index (κ3) is 7.55. The van der Waals surface area contributed by atoms with Crippen LogP contribution in [0.15, 0.2) is 88.8 Å². The summed E-state index contributed by atoms with van der Waals surface area (Å²) in [5.41, 5.74) is 4.58. The Bertz CT molecular complexity index is 1930. The average Bonchev–Trinajstić information content (AvgIpc) is 3.01. The SMILES string of the molecule is CCOc1cc(C)c(-c2nc3ccccc3c(=O)n2N=Cc2cc(I)c(OCC(=O)Nc3ccccc3)c(I)c2)cc1C(C)C. The summed E-state index contributed by atoms with van der Waals surface area (Å²) in [5.74, 6) is 1.83. The van der Waals surface area contributed by atoms with Gasteiger partial charge < -0.3 is 14.8 Å². The minimum atomic E-state index is -0.264. The second-order valence-electron chi connectivity index (χ2n) is 10.6. The Balaban J connectivity index is 1.50. The number of nitrogens with zero attached hydrogens (tertiary/aromatic N) is 3. The Morgan fingerprint density at radius 2 is 1.69 bits per heavy atom. The first-order valence-electron chi connectivity index (χ1n) is 14.5. The molecule has 0 spiro atoms. The fourth-order valence-electron chi connectivity index (χ4n) is 4.85. The zero-order chi connectivity index (χ0) is 32.1. The van der Waals surface area contributed by atoms with E-state index >= 15 is 0 Å². The highest BCUT2D eigenvalue weighted by molar-refractivity contribution is 14.1. The molecule has 0 aliphatic rings. The van der Waals surface area contributed by atoms with E-state index in [2.05, 4.69) is 75.5 Å². The molecule has 8 nitrogen and oxygen atoms in total. The first-order valence-corrected chi connectivity index (χ1v) is 16.6. The van der Waals surface area contributed by atoms with E-state index in [-0.39, 0.29) is 24.0 Å². The number of nitrogens with one attached hydrogen (secondary N) is 1. The van der Waals surface area contributed by atoms with Crippen molar-refractivity contribution in [1.29, 1.82) is 0 Å². The van der Waals surface area contributed by atoms with Crippen LogP contribution in [0.3, 0.4) is 0 Å². The Labute approximate surface area is 289 Å². The van der Waals surface area contributed by atoms with Gasteiger partial charge in [-0.25, -0.2) is 4.98 Å². The molecule has 0 saturated carbocycles. The first kappa shape index (κ1) is 32.6. The minimum absolute atomic E-state index is 0.129. The molecule has 4 aromatic carbocycles. The highest BCUT2D eigenvalue weighted by Crippen LogP contribution is 2.34. The number of fused-ring (bicyclic) bond motifs is 1. The van der Waals surface area contributed by atoms with Crippen LogP contribution in [0.5, 0.6) is 11.5 Å². The molecule has 0 bridgehead atoms. The summed E-state index contributed by atoms with van der Waals surface area (Å²) in [6.45, 7) is 8.61. The lowest BCUT2D eigenvalue weighted by molar-refractivity contribution is -0.118. The molecule has 1 amide bonds. The number of hydrogen-bond acceptors (Lipinski definition) is 6. The van der Waals surface area contributed by atoms with Gasteiger partial charge in [0.15, 0.2) is 12.4 Å². The van der Waals surface area contributed by atoms with E-state index in [1.807, 2.05) is 80.6 Å². The number of anilines is 1. The number of halogens is 2. The monoisotopic (exact) mass is 826 g/mol. The molecule has 5 rings (SSSR count). The molecule has 45 heavy (non-hydrogen) atoms. The van der Waals surface area contributed by atoms with Gasteiger partial charge >= 0.3 is 0 Å². The molecule has 0 atom stereocenters. The van der Waals surface area contributed by atoms with Gasteiger partial charge in [0.05, 0.1) is 30.9 Å². The fraction of sp³-hybridized carbons (Fsp3) is 0.200. The normalized spacial score (nSPS) is 11.4. The van der Waals surface area contributed by atoms with E-state index in [9.17, 15) is 9.59 Å². The van der Waals surface area contributed by atoms with Crippen molar-refractivity contribution in [2.75, 3.05) is 18.5 Å². The smallest absolute Gasteiger partial charge is 0.282 e. The summed E-state index contributed by atoms with van der Waals surface area (Å²) >= 11 is 4.36.